The molecule has 0 fully saturated rings. The maximum Gasteiger partial charge on any atom is 0.191 e. The number of aliphatic imine (C=N–C) groups is 1. The van der Waals surface area contributed by atoms with Crippen molar-refractivity contribution in [2.45, 2.75) is 46.1 Å². The largest absolute Gasteiger partial charge is 0.357 e. The number of nitrogens with zero attached hydrogens (tertiary/aromatic N) is 2. The normalized spacial score (nSPS) is 11.6. The van der Waals surface area contributed by atoms with Gasteiger partial charge in [0.15, 0.2) is 5.96 Å². The van der Waals surface area contributed by atoms with Crippen molar-refractivity contribution in [1.82, 2.24) is 15.6 Å². The molecule has 0 amide bonds. The molecule has 0 unspecified atom stereocenters. The van der Waals surface area contributed by atoms with Crippen LogP contribution in [-0.4, -0.2) is 24.0 Å². The van der Waals surface area contributed by atoms with Crippen LogP contribution in [0.4, 0.5) is 0 Å². The molecule has 0 radical (unpaired) electrons. The second-order valence-corrected chi connectivity index (χ2v) is 6.44. The lowest BCUT2D eigenvalue weighted by Gasteiger charge is -2.11. The Labute approximate surface area is 151 Å². The molecular weight excluding hydrogens is 308 g/mol. The third-order valence-electron chi connectivity index (χ3n) is 4.05. The molecule has 0 atom stereocenters. The molecule has 2 aromatic rings. The number of hydrogen-bond donors (Lipinski definition) is 2. The summed E-state index contributed by atoms with van der Waals surface area (Å²) in [4.78, 5) is 8.89. The summed E-state index contributed by atoms with van der Waals surface area (Å²) in [6, 6.07) is 14.9. The van der Waals surface area contributed by atoms with Gasteiger partial charge in [-0.3, -0.25) is 4.98 Å². The van der Waals surface area contributed by atoms with E-state index in [-0.39, 0.29) is 0 Å². The van der Waals surface area contributed by atoms with Crippen LogP contribution in [0.25, 0.3) is 0 Å². The van der Waals surface area contributed by atoms with E-state index in [1.54, 1.807) is 6.20 Å². The predicted molar refractivity (Wildman–Crippen MR) is 106 cm³/mol. The summed E-state index contributed by atoms with van der Waals surface area (Å²) in [5.74, 6) is 1.44. The highest BCUT2D eigenvalue weighted by atomic mass is 15.2. The summed E-state index contributed by atoms with van der Waals surface area (Å²) in [6.07, 6.45) is 3.95. The van der Waals surface area contributed by atoms with Gasteiger partial charge < -0.3 is 10.6 Å². The monoisotopic (exact) mass is 338 g/mol. The lowest BCUT2D eigenvalue weighted by atomic mass is 10.0. The Balaban J connectivity index is 1.77. The lowest BCUT2D eigenvalue weighted by Crippen LogP contribution is -2.37. The van der Waals surface area contributed by atoms with E-state index in [0.717, 1.165) is 37.6 Å². The van der Waals surface area contributed by atoms with Crippen molar-refractivity contribution in [3.63, 3.8) is 0 Å². The molecule has 0 saturated heterocycles. The highest BCUT2D eigenvalue weighted by Crippen LogP contribution is 2.15. The topological polar surface area (TPSA) is 49.3 Å². The molecule has 134 valence electrons. The molecule has 0 bridgehead atoms. The minimum atomic E-state index is 0.590. The van der Waals surface area contributed by atoms with Crippen molar-refractivity contribution >= 4 is 5.96 Å². The van der Waals surface area contributed by atoms with Crippen LogP contribution in [0.15, 0.2) is 53.7 Å². The third-order valence-corrected chi connectivity index (χ3v) is 4.05. The Kier molecular flexibility index (Phi) is 7.96. The van der Waals surface area contributed by atoms with E-state index >= 15 is 0 Å². The van der Waals surface area contributed by atoms with Crippen LogP contribution in [-0.2, 0) is 13.0 Å². The third kappa shape index (κ3) is 6.96. The number of guanidine groups is 1. The minimum absolute atomic E-state index is 0.590. The number of benzene rings is 1. The second kappa shape index (κ2) is 10.5. The first kappa shape index (κ1) is 19.0. The van der Waals surface area contributed by atoms with Gasteiger partial charge in [-0.1, -0.05) is 44.2 Å². The van der Waals surface area contributed by atoms with Gasteiger partial charge in [0.05, 0.1) is 12.2 Å². The van der Waals surface area contributed by atoms with E-state index in [9.17, 15) is 0 Å². The van der Waals surface area contributed by atoms with Crippen molar-refractivity contribution in [3.8, 4) is 0 Å². The van der Waals surface area contributed by atoms with E-state index in [2.05, 4.69) is 65.6 Å². The van der Waals surface area contributed by atoms with Gasteiger partial charge in [-0.05, 0) is 48.9 Å². The lowest BCUT2D eigenvalue weighted by molar-refractivity contribution is 0.742. The second-order valence-electron chi connectivity index (χ2n) is 6.44. The zero-order valence-electron chi connectivity index (χ0n) is 15.6. The summed E-state index contributed by atoms with van der Waals surface area (Å²) < 4.78 is 0. The average Bonchev–Trinajstić information content (AvgIpc) is 2.64. The number of hydrogen-bond acceptors (Lipinski definition) is 2. The molecule has 0 aliphatic rings. The standard InChI is InChI=1S/C21H30N4/c1-4-22-21(25-16-20-9-5-6-14-23-20)24-15-7-8-18-10-12-19(13-11-18)17(2)3/h5-6,9-14,17H,4,7-8,15-16H2,1-3H3,(H2,22,24,25). The van der Waals surface area contributed by atoms with Gasteiger partial charge in [0.1, 0.15) is 0 Å². The molecule has 0 saturated carbocycles. The molecule has 1 aromatic heterocycles. The zero-order valence-corrected chi connectivity index (χ0v) is 15.6. The van der Waals surface area contributed by atoms with Crippen molar-refractivity contribution in [2.24, 2.45) is 4.99 Å². The Morgan fingerprint density at radius 1 is 1.08 bits per heavy atom. The highest BCUT2D eigenvalue weighted by molar-refractivity contribution is 5.79. The van der Waals surface area contributed by atoms with Crippen molar-refractivity contribution in [2.75, 3.05) is 13.1 Å². The highest BCUT2D eigenvalue weighted by Gasteiger charge is 2.01. The van der Waals surface area contributed by atoms with Gasteiger partial charge in [0.25, 0.3) is 0 Å². The summed E-state index contributed by atoms with van der Waals surface area (Å²) in [7, 11) is 0. The number of aromatic nitrogens is 1. The molecule has 2 rings (SSSR count). The van der Waals surface area contributed by atoms with Crippen molar-refractivity contribution in [1.29, 1.82) is 0 Å². The molecular formula is C21H30N4. The average molecular weight is 338 g/mol. The molecule has 1 heterocycles. The molecule has 25 heavy (non-hydrogen) atoms. The first-order valence-electron chi connectivity index (χ1n) is 9.20. The first-order valence-corrected chi connectivity index (χ1v) is 9.20. The fraction of sp³-hybridized carbons (Fsp3) is 0.429. The van der Waals surface area contributed by atoms with Gasteiger partial charge in [-0.15, -0.1) is 0 Å². The number of nitrogens with one attached hydrogen (secondary N) is 2. The van der Waals surface area contributed by atoms with Crippen molar-refractivity contribution in [3.05, 3.63) is 65.5 Å². The van der Waals surface area contributed by atoms with Gasteiger partial charge >= 0.3 is 0 Å². The Morgan fingerprint density at radius 2 is 1.88 bits per heavy atom. The first-order chi connectivity index (χ1) is 12.2. The van der Waals surface area contributed by atoms with Gasteiger partial charge in [-0.25, -0.2) is 4.99 Å². The fourth-order valence-corrected chi connectivity index (χ4v) is 2.56. The minimum Gasteiger partial charge on any atom is -0.357 e. The maximum atomic E-state index is 4.59. The van der Waals surface area contributed by atoms with Gasteiger partial charge in [-0.2, -0.15) is 0 Å². The number of pyridine rings is 1. The predicted octanol–water partition coefficient (Wildman–Crippen LogP) is 3.89. The smallest absolute Gasteiger partial charge is 0.191 e. The van der Waals surface area contributed by atoms with E-state index in [0.29, 0.717) is 12.5 Å². The summed E-state index contributed by atoms with van der Waals surface area (Å²) in [5, 5.41) is 6.68. The molecule has 2 N–H and O–H groups in total. The molecule has 0 spiro atoms. The SMILES string of the molecule is CCNC(=NCc1ccccn1)NCCCc1ccc(C(C)C)cc1. The Hall–Kier alpha value is -2.36. The van der Waals surface area contributed by atoms with Crippen molar-refractivity contribution < 1.29 is 0 Å². The van der Waals surface area contributed by atoms with Crippen LogP contribution in [0, 0.1) is 0 Å². The van der Waals surface area contributed by atoms with Crippen LogP contribution in [0.2, 0.25) is 0 Å². The number of aryl methyl sites for hydroxylation is 1. The summed E-state index contributed by atoms with van der Waals surface area (Å²) >= 11 is 0. The fourth-order valence-electron chi connectivity index (χ4n) is 2.56. The van der Waals surface area contributed by atoms with Gasteiger partial charge in [0, 0.05) is 19.3 Å². The van der Waals surface area contributed by atoms with Crippen LogP contribution < -0.4 is 10.6 Å². The van der Waals surface area contributed by atoms with Crippen LogP contribution in [0.3, 0.4) is 0 Å². The van der Waals surface area contributed by atoms with E-state index in [4.69, 9.17) is 0 Å². The Morgan fingerprint density at radius 3 is 2.52 bits per heavy atom. The quantitative estimate of drug-likeness (QED) is 0.436. The summed E-state index contributed by atoms with van der Waals surface area (Å²) in [6.45, 7) is 8.88. The molecule has 4 heteroatoms. The van der Waals surface area contributed by atoms with Gasteiger partial charge in [0.2, 0.25) is 0 Å². The van der Waals surface area contributed by atoms with E-state index in [1.807, 2.05) is 18.2 Å². The molecule has 4 nitrogen and oxygen atoms in total. The van der Waals surface area contributed by atoms with Crippen LogP contribution in [0.5, 0.6) is 0 Å². The molecule has 0 aliphatic carbocycles. The molecule has 0 aliphatic heterocycles. The van der Waals surface area contributed by atoms with Crippen LogP contribution >= 0.6 is 0 Å². The molecule has 1 aromatic carbocycles. The van der Waals surface area contributed by atoms with E-state index in [1.165, 1.54) is 11.1 Å². The van der Waals surface area contributed by atoms with E-state index < -0.39 is 0 Å². The number of rotatable bonds is 8. The Bertz CT molecular complexity index is 633. The van der Waals surface area contributed by atoms with Crippen LogP contribution in [0.1, 0.15) is 49.9 Å². The summed E-state index contributed by atoms with van der Waals surface area (Å²) in [5.41, 5.74) is 3.77. The maximum absolute atomic E-state index is 4.59. The zero-order chi connectivity index (χ0) is 17.9.